The Morgan fingerprint density at radius 3 is 2.56 bits per heavy atom. The summed E-state index contributed by atoms with van der Waals surface area (Å²) >= 11 is 1.49. The lowest BCUT2D eigenvalue weighted by Gasteiger charge is -2.26. The lowest BCUT2D eigenvalue weighted by Crippen LogP contribution is -2.43. The molecule has 1 fully saturated rings. The maximum Gasteiger partial charge on any atom is 0.304 e. The Kier molecular flexibility index (Phi) is 7.48. The summed E-state index contributed by atoms with van der Waals surface area (Å²) < 4.78 is 1.98. The van der Waals surface area contributed by atoms with E-state index < -0.39 is 11.4 Å². The second-order valence-electron chi connectivity index (χ2n) is 10.0. The summed E-state index contributed by atoms with van der Waals surface area (Å²) in [4.78, 5) is 32.1. The fraction of sp³-hybridized carbons (Fsp3) is 0.481. The number of carboxylic acid groups (broad SMARTS) is 1. The largest absolute Gasteiger partial charge is 0.481 e. The summed E-state index contributed by atoms with van der Waals surface area (Å²) in [7, 11) is 0. The molecule has 0 saturated carbocycles. The van der Waals surface area contributed by atoms with E-state index in [1.807, 2.05) is 46.7 Å². The minimum absolute atomic E-state index is 0.187. The smallest absolute Gasteiger partial charge is 0.304 e. The van der Waals surface area contributed by atoms with E-state index in [0.29, 0.717) is 12.8 Å². The zero-order valence-electron chi connectivity index (χ0n) is 20.5. The second kappa shape index (κ2) is 10.9. The number of amides is 1. The molecule has 0 bridgehead atoms. The molecule has 1 amide bonds. The van der Waals surface area contributed by atoms with Gasteiger partial charge in [-0.2, -0.15) is 5.10 Å². The zero-order valence-corrected chi connectivity index (χ0v) is 21.3. The quantitative estimate of drug-likeness (QED) is 0.433. The van der Waals surface area contributed by atoms with Crippen molar-refractivity contribution < 1.29 is 14.7 Å². The van der Waals surface area contributed by atoms with Crippen LogP contribution in [0.5, 0.6) is 0 Å². The Bertz CT molecular complexity index is 1190. The predicted molar refractivity (Wildman–Crippen MR) is 139 cm³/mol. The van der Waals surface area contributed by atoms with Crippen molar-refractivity contribution >= 4 is 23.2 Å². The van der Waals surface area contributed by atoms with Crippen LogP contribution in [0.15, 0.2) is 42.0 Å². The van der Waals surface area contributed by atoms with Crippen molar-refractivity contribution in [3.63, 3.8) is 0 Å². The third kappa shape index (κ3) is 5.68. The van der Waals surface area contributed by atoms with Gasteiger partial charge in [-0.1, -0.05) is 30.7 Å². The third-order valence-electron chi connectivity index (χ3n) is 7.34. The third-order valence-corrected chi connectivity index (χ3v) is 8.19. The van der Waals surface area contributed by atoms with E-state index in [9.17, 15) is 14.7 Å². The van der Waals surface area contributed by atoms with Gasteiger partial charge in [0.25, 0.3) is 0 Å². The molecule has 1 aliphatic carbocycles. The number of hydrogen-bond acceptors (Lipinski definition) is 6. The molecule has 2 aliphatic rings. The first-order valence-corrected chi connectivity index (χ1v) is 13.7. The van der Waals surface area contributed by atoms with Gasteiger partial charge in [0.05, 0.1) is 30.3 Å². The monoisotopic (exact) mass is 507 g/mol. The van der Waals surface area contributed by atoms with Crippen LogP contribution >= 0.6 is 11.3 Å². The minimum Gasteiger partial charge on any atom is -0.481 e. The molecule has 2 aromatic heterocycles. The van der Waals surface area contributed by atoms with Gasteiger partial charge in [0.1, 0.15) is 5.01 Å². The Morgan fingerprint density at radius 2 is 1.83 bits per heavy atom. The molecule has 0 radical (unpaired) electrons. The van der Waals surface area contributed by atoms with Crippen LogP contribution in [0.1, 0.15) is 48.2 Å². The number of carbonyl (C=O) groups excluding carboxylic acids is 1. The number of aryl methyl sites for hydroxylation is 1. The van der Waals surface area contributed by atoms with E-state index in [4.69, 9.17) is 4.98 Å². The van der Waals surface area contributed by atoms with Crippen LogP contribution in [0.25, 0.3) is 11.3 Å². The van der Waals surface area contributed by atoms with Crippen molar-refractivity contribution in [1.29, 1.82) is 0 Å². The van der Waals surface area contributed by atoms with Gasteiger partial charge in [0.15, 0.2) is 0 Å². The van der Waals surface area contributed by atoms with Gasteiger partial charge in [0, 0.05) is 23.7 Å². The van der Waals surface area contributed by atoms with Crippen molar-refractivity contribution in [3.05, 3.63) is 58.2 Å². The number of hydrogen-bond donors (Lipinski definition) is 2. The van der Waals surface area contributed by atoms with Gasteiger partial charge in [0.2, 0.25) is 5.91 Å². The standard InChI is InChI=1S/C27H33N5O3S/c33-25(34)15-27(13-20-7-2-3-8-21(20)14-27)26(35)28-17-24-30-23(19-36-24)22-16-29-32(18-22)12-6-11-31-9-4-1-5-10-31/h2-3,7-8,16,18-19H,1,4-6,9-15,17H2,(H,28,35)(H,33,34). The summed E-state index contributed by atoms with van der Waals surface area (Å²) in [6, 6.07) is 7.82. The van der Waals surface area contributed by atoms with Crippen LogP contribution in [-0.4, -0.2) is 56.3 Å². The van der Waals surface area contributed by atoms with Crippen LogP contribution < -0.4 is 5.32 Å². The highest BCUT2D eigenvalue weighted by Gasteiger charge is 2.45. The summed E-state index contributed by atoms with van der Waals surface area (Å²) in [5.74, 6) is -1.18. The number of aromatic nitrogens is 3. The van der Waals surface area contributed by atoms with Crippen LogP contribution in [0.2, 0.25) is 0 Å². The van der Waals surface area contributed by atoms with Crippen LogP contribution in [0.4, 0.5) is 0 Å². The average Bonchev–Trinajstić information content (AvgIpc) is 3.61. The topological polar surface area (TPSA) is 100 Å². The van der Waals surface area contributed by atoms with E-state index in [1.165, 1.54) is 43.7 Å². The number of nitrogens with one attached hydrogen (secondary N) is 1. The first-order valence-electron chi connectivity index (χ1n) is 12.8. The molecule has 1 aromatic carbocycles. The molecule has 2 N–H and O–H groups in total. The number of likely N-dealkylation sites (tertiary alicyclic amines) is 1. The molecule has 36 heavy (non-hydrogen) atoms. The lowest BCUT2D eigenvalue weighted by molar-refractivity contribution is -0.145. The number of nitrogens with zero attached hydrogens (tertiary/aromatic N) is 4. The number of carboxylic acids is 1. The fourth-order valence-electron chi connectivity index (χ4n) is 5.47. The van der Waals surface area contributed by atoms with E-state index >= 15 is 0 Å². The Morgan fingerprint density at radius 1 is 1.08 bits per heavy atom. The van der Waals surface area contributed by atoms with Crippen LogP contribution in [0, 0.1) is 5.41 Å². The number of aliphatic carboxylic acids is 1. The van der Waals surface area contributed by atoms with Gasteiger partial charge in [-0.05, 0) is 62.9 Å². The molecule has 3 aromatic rings. The highest BCUT2D eigenvalue weighted by Crippen LogP contribution is 2.40. The average molecular weight is 508 g/mol. The predicted octanol–water partition coefficient (Wildman–Crippen LogP) is 3.76. The van der Waals surface area contributed by atoms with Crippen molar-refractivity contribution in [2.24, 2.45) is 5.41 Å². The van der Waals surface area contributed by atoms with E-state index in [2.05, 4.69) is 15.3 Å². The van der Waals surface area contributed by atoms with Gasteiger partial charge in [-0.15, -0.1) is 11.3 Å². The molecule has 9 heteroatoms. The Balaban J connectivity index is 1.16. The van der Waals surface area contributed by atoms with Gasteiger partial charge in [-0.25, -0.2) is 4.98 Å². The first-order chi connectivity index (χ1) is 17.5. The molecule has 8 nitrogen and oxygen atoms in total. The van der Waals surface area contributed by atoms with Gasteiger partial charge < -0.3 is 15.3 Å². The Labute approximate surface area is 215 Å². The van der Waals surface area contributed by atoms with E-state index in [1.54, 1.807) is 0 Å². The van der Waals surface area contributed by atoms with Crippen molar-refractivity contribution in [2.75, 3.05) is 19.6 Å². The number of benzene rings is 1. The minimum atomic E-state index is -0.956. The molecule has 0 spiro atoms. The summed E-state index contributed by atoms with van der Waals surface area (Å²) in [6.45, 7) is 4.71. The number of piperidine rings is 1. The SMILES string of the molecule is O=C(O)CC1(C(=O)NCc2nc(-c3cnn(CCCN4CCCCC4)c3)cs2)Cc2ccccc2C1. The van der Waals surface area contributed by atoms with Gasteiger partial charge in [-0.3, -0.25) is 14.3 Å². The first kappa shape index (κ1) is 24.6. The molecule has 0 unspecified atom stereocenters. The molecule has 190 valence electrons. The molecule has 3 heterocycles. The highest BCUT2D eigenvalue weighted by molar-refractivity contribution is 7.09. The number of carbonyl (C=O) groups is 2. The van der Waals surface area contributed by atoms with Crippen molar-refractivity contribution in [3.8, 4) is 11.3 Å². The summed E-state index contributed by atoms with van der Waals surface area (Å²) in [5.41, 5.74) is 2.97. The molecule has 1 saturated heterocycles. The molecule has 1 aliphatic heterocycles. The molecule has 0 atom stereocenters. The second-order valence-corrected chi connectivity index (χ2v) is 11.0. The van der Waals surface area contributed by atoms with Crippen LogP contribution in [0.3, 0.4) is 0 Å². The lowest BCUT2D eigenvalue weighted by atomic mass is 9.80. The normalized spacial score (nSPS) is 17.1. The molecular weight excluding hydrogens is 474 g/mol. The summed E-state index contributed by atoms with van der Waals surface area (Å²) in [5, 5.41) is 19.7. The molecular formula is C27H33N5O3S. The zero-order chi connectivity index (χ0) is 25.0. The molecule has 5 rings (SSSR count). The fourth-order valence-corrected chi connectivity index (χ4v) is 6.22. The van der Waals surface area contributed by atoms with Crippen molar-refractivity contribution in [1.82, 2.24) is 25.0 Å². The van der Waals surface area contributed by atoms with Crippen LogP contribution in [-0.2, 0) is 35.5 Å². The van der Waals surface area contributed by atoms with Gasteiger partial charge >= 0.3 is 5.97 Å². The van der Waals surface area contributed by atoms with Crippen molar-refractivity contribution in [2.45, 2.75) is 58.0 Å². The number of fused-ring (bicyclic) bond motifs is 1. The van der Waals surface area contributed by atoms with E-state index in [-0.39, 0.29) is 18.9 Å². The number of rotatable bonds is 10. The highest BCUT2D eigenvalue weighted by atomic mass is 32.1. The Hall–Kier alpha value is -3.04. The maximum absolute atomic E-state index is 13.2. The summed E-state index contributed by atoms with van der Waals surface area (Å²) in [6.07, 6.45) is 9.64. The maximum atomic E-state index is 13.2. The number of thiazole rings is 1. The van der Waals surface area contributed by atoms with E-state index in [0.717, 1.165) is 46.9 Å².